The summed E-state index contributed by atoms with van der Waals surface area (Å²) in [5.74, 6) is -1.17. The third kappa shape index (κ3) is 4.43. The zero-order chi connectivity index (χ0) is 14.4. The number of hydrogen-bond acceptors (Lipinski definition) is 5. The molecule has 114 valence electrons. The highest BCUT2D eigenvalue weighted by Crippen LogP contribution is 2.19. The number of amides is 1. The van der Waals surface area contributed by atoms with Gasteiger partial charge in [-0.2, -0.15) is 0 Å². The summed E-state index contributed by atoms with van der Waals surface area (Å²) in [6, 6.07) is 0. The molecular weight excluding hydrogens is 262 g/mol. The summed E-state index contributed by atoms with van der Waals surface area (Å²) in [5, 5.41) is 14.9. The fourth-order valence-electron chi connectivity index (χ4n) is 2.57. The van der Waals surface area contributed by atoms with Crippen LogP contribution in [-0.4, -0.2) is 73.4 Å². The first-order valence-electron chi connectivity index (χ1n) is 7.26. The van der Waals surface area contributed by atoms with Crippen LogP contribution in [0.2, 0.25) is 0 Å². The molecule has 2 atom stereocenters. The van der Waals surface area contributed by atoms with Gasteiger partial charge in [0.2, 0.25) is 5.91 Å². The van der Waals surface area contributed by atoms with Crippen LogP contribution in [0.4, 0.5) is 0 Å². The van der Waals surface area contributed by atoms with Crippen molar-refractivity contribution in [3.05, 3.63) is 0 Å². The molecule has 2 saturated heterocycles. The maximum absolute atomic E-state index is 11.8. The van der Waals surface area contributed by atoms with Gasteiger partial charge in [0.1, 0.15) is 6.10 Å². The van der Waals surface area contributed by atoms with E-state index in [2.05, 4.69) is 15.5 Å². The van der Waals surface area contributed by atoms with Gasteiger partial charge in [-0.25, -0.2) is 4.79 Å². The molecule has 7 heteroatoms. The van der Waals surface area contributed by atoms with Crippen molar-refractivity contribution < 1.29 is 19.4 Å². The Morgan fingerprint density at radius 2 is 1.95 bits per heavy atom. The number of aliphatic carboxylic acids is 1. The molecule has 0 aromatic carbocycles. The summed E-state index contributed by atoms with van der Waals surface area (Å²) < 4.78 is 5.20. The van der Waals surface area contributed by atoms with Crippen LogP contribution in [0.1, 0.15) is 19.3 Å². The van der Waals surface area contributed by atoms with E-state index in [1.165, 1.54) is 0 Å². The van der Waals surface area contributed by atoms with Crippen LogP contribution >= 0.6 is 0 Å². The van der Waals surface area contributed by atoms with Crippen LogP contribution in [0.25, 0.3) is 0 Å². The minimum atomic E-state index is -0.987. The topological polar surface area (TPSA) is 90.9 Å². The average Bonchev–Trinajstić information content (AvgIpc) is 2.94. The summed E-state index contributed by atoms with van der Waals surface area (Å²) >= 11 is 0. The molecule has 2 aliphatic rings. The lowest BCUT2D eigenvalue weighted by Crippen LogP contribution is -2.44. The van der Waals surface area contributed by atoms with Crippen LogP contribution < -0.4 is 10.6 Å². The molecule has 0 saturated carbocycles. The third-order valence-corrected chi connectivity index (χ3v) is 3.75. The number of rotatable bonds is 6. The zero-order valence-corrected chi connectivity index (χ0v) is 11.6. The monoisotopic (exact) mass is 285 g/mol. The van der Waals surface area contributed by atoms with Crippen molar-refractivity contribution in [3.8, 4) is 0 Å². The number of carboxylic acids is 1. The van der Waals surface area contributed by atoms with Gasteiger partial charge < -0.3 is 25.4 Å². The Bertz CT molecular complexity index is 345. The molecule has 1 amide bonds. The Morgan fingerprint density at radius 3 is 2.60 bits per heavy atom. The quantitative estimate of drug-likeness (QED) is 0.544. The van der Waals surface area contributed by atoms with Crippen LogP contribution in [0, 0.1) is 0 Å². The summed E-state index contributed by atoms with van der Waals surface area (Å²) in [6.07, 6.45) is 0.372. The van der Waals surface area contributed by atoms with Crippen molar-refractivity contribution in [1.29, 1.82) is 0 Å². The van der Waals surface area contributed by atoms with Crippen LogP contribution in [0.15, 0.2) is 0 Å². The smallest absolute Gasteiger partial charge is 0.332 e. The fourth-order valence-corrected chi connectivity index (χ4v) is 2.57. The standard InChI is InChI=1S/C13H23N3O4/c17-12(10-2-3-11(20-10)13(18)19)15-4-1-7-16-8-5-14-6-9-16/h10-11,14H,1-9H2,(H,15,17)(H,18,19). The van der Waals surface area contributed by atoms with Gasteiger partial charge in [0.15, 0.2) is 6.10 Å². The molecule has 3 N–H and O–H groups in total. The number of carbonyl (C=O) groups is 2. The Morgan fingerprint density at radius 1 is 1.25 bits per heavy atom. The van der Waals surface area contributed by atoms with E-state index >= 15 is 0 Å². The van der Waals surface area contributed by atoms with Crippen molar-refractivity contribution in [2.24, 2.45) is 0 Å². The number of carboxylic acid groups (broad SMARTS) is 1. The summed E-state index contributed by atoms with van der Waals surface area (Å²) in [7, 11) is 0. The van der Waals surface area contributed by atoms with Crippen molar-refractivity contribution in [2.75, 3.05) is 39.3 Å². The predicted octanol–water partition coefficient (Wildman–Crippen LogP) is -0.970. The molecule has 0 spiro atoms. The Kier molecular flexibility index (Phi) is 5.75. The Balaban J connectivity index is 1.57. The second kappa shape index (κ2) is 7.56. The van der Waals surface area contributed by atoms with Gasteiger partial charge in [0.25, 0.3) is 0 Å². The lowest BCUT2D eigenvalue weighted by Gasteiger charge is -2.27. The van der Waals surface area contributed by atoms with E-state index in [0.29, 0.717) is 19.4 Å². The highest BCUT2D eigenvalue weighted by Gasteiger charge is 2.34. The first-order chi connectivity index (χ1) is 9.66. The molecule has 0 aliphatic carbocycles. The molecular formula is C13H23N3O4. The molecule has 2 heterocycles. The predicted molar refractivity (Wildman–Crippen MR) is 72.5 cm³/mol. The lowest BCUT2D eigenvalue weighted by molar-refractivity contribution is -0.151. The molecule has 2 unspecified atom stereocenters. The third-order valence-electron chi connectivity index (χ3n) is 3.75. The minimum Gasteiger partial charge on any atom is -0.479 e. The van der Waals surface area contributed by atoms with E-state index in [1.54, 1.807) is 0 Å². The molecule has 2 aliphatic heterocycles. The van der Waals surface area contributed by atoms with E-state index < -0.39 is 18.2 Å². The van der Waals surface area contributed by atoms with E-state index in [0.717, 1.165) is 39.1 Å². The molecule has 20 heavy (non-hydrogen) atoms. The second-order valence-electron chi connectivity index (χ2n) is 5.27. The van der Waals surface area contributed by atoms with Gasteiger partial charge in [0, 0.05) is 32.7 Å². The van der Waals surface area contributed by atoms with Crippen LogP contribution in [-0.2, 0) is 14.3 Å². The number of hydrogen-bond donors (Lipinski definition) is 3. The summed E-state index contributed by atoms with van der Waals surface area (Å²) in [6.45, 7) is 5.75. The lowest BCUT2D eigenvalue weighted by atomic mass is 10.2. The molecule has 2 fully saturated rings. The van der Waals surface area contributed by atoms with Gasteiger partial charge in [-0.1, -0.05) is 0 Å². The van der Waals surface area contributed by atoms with Crippen molar-refractivity contribution >= 4 is 11.9 Å². The highest BCUT2D eigenvalue weighted by atomic mass is 16.5. The maximum atomic E-state index is 11.8. The number of piperazine rings is 1. The SMILES string of the molecule is O=C(O)C1CCC(C(=O)NCCCN2CCNCC2)O1. The largest absolute Gasteiger partial charge is 0.479 e. The van der Waals surface area contributed by atoms with E-state index in [9.17, 15) is 9.59 Å². The fraction of sp³-hybridized carbons (Fsp3) is 0.846. The minimum absolute atomic E-state index is 0.186. The summed E-state index contributed by atoms with van der Waals surface area (Å²) in [4.78, 5) is 24.9. The zero-order valence-electron chi connectivity index (χ0n) is 11.6. The highest BCUT2D eigenvalue weighted by molar-refractivity contribution is 5.82. The molecule has 2 rings (SSSR count). The molecule has 0 aromatic rings. The van der Waals surface area contributed by atoms with E-state index in [-0.39, 0.29) is 5.91 Å². The number of nitrogens with zero attached hydrogens (tertiary/aromatic N) is 1. The maximum Gasteiger partial charge on any atom is 0.332 e. The van der Waals surface area contributed by atoms with Gasteiger partial charge in [-0.3, -0.25) is 4.79 Å². The Labute approximate surface area is 118 Å². The molecule has 0 radical (unpaired) electrons. The van der Waals surface area contributed by atoms with Crippen LogP contribution in [0.3, 0.4) is 0 Å². The van der Waals surface area contributed by atoms with Crippen molar-refractivity contribution in [3.63, 3.8) is 0 Å². The van der Waals surface area contributed by atoms with Gasteiger partial charge in [-0.05, 0) is 25.8 Å². The van der Waals surface area contributed by atoms with E-state index in [4.69, 9.17) is 9.84 Å². The van der Waals surface area contributed by atoms with Crippen LogP contribution in [0.5, 0.6) is 0 Å². The first-order valence-corrected chi connectivity index (χ1v) is 7.26. The van der Waals surface area contributed by atoms with Gasteiger partial charge in [-0.15, -0.1) is 0 Å². The number of ether oxygens (including phenoxy) is 1. The van der Waals surface area contributed by atoms with Crippen molar-refractivity contribution in [2.45, 2.75) is 31.5 Å². The number of nitrogens with one attached hydrogen (secondary N) is 2. The second-order valence-corrected chi connectivity index (χ2v) is 5.27. The van der Waals surface area contributed by atoms with E-state index in [1.807, 2.05) is 0 Å². The average molecular weight is 285 g/mol. The van der Waals surface area contributed by atoms with Gasteiger partial charge >= 0.3 is 5.97 Å². The molecule has 0 aromatic heterocycles. The summed E-state index contributed by atoms with van der Waals surface area (Å²) in [5.41, 5.74) is 0. The van der Waals surface area contributed by atoms with Crippen molar-refractivity contribution in [1.82, 2.24) is 15.5 Å². The Hall–Kier alpha value is -1.18. The molecule has 7 nitrogen and oxygen atoms in total. The number of carbonyl (C=O) groups excluding carboxylic acids is 1. The normalized spacial score (nSPS) is 27.4. The van der Waals surface area contributed by atoms with Gasteiger partial charge in [0.05, 0.1) is 0 Å². The first kappa shape index (κ1) is 15.2. The molecule has 0 bridgehead atoms.